The van der Waals surface area contributed by atoms with Crippen LogP contribution in [-0.4, -0.2) is 6.71 Å². The van der Waals surface area contributed by atoms with E-state index in [9.17, 15) is 0 Å². The van der Waals surface area contributed by atoms with Crippen molar-refractivity contribution in [3.63, 3.8) is 0 Å². The molecule has 0 N–H and O–H groups in total. The van der Waals surface area contributed by atoms with Crippen molar-refractivity contribution in [2.75, 3.05) is 9.80 Å². The lowest BCUT2D eigenvalue weighted by Crippen LogP contribution is -2.61. The number of aryl methyl sites for hydroxylation is 2. The summed E-state index contributed by atoms with van der Waals surface area (Å²) in [7, 11) is 0. The second-order valence-corrected chi connectivity index (χ2v) is 20.2. The maximum absolute atomic E-state index is 2.66. The highest BCUT2D eigenvalue weighted by molar-refractivity contribution is 7.00. The van der Waals surface area contributed by atoms with Crippen molar-refractivity contribution >= 4 is 57.2 Å². The fourth-order valence-electron chi connectivity index (χ4n) is 10.9. The molecule has 2 aliphatic rings. The number of unbranched alkanes of at least 4 members (excludes halogenated alkanes) is 2. The number of rotatable bonds is 12. The van der Waals surface area contributed by atoms with Crippen LogP contribution in [0.2, 0.25) is 0 Å². The van der Waals surface area contributed by atoms with Gasteiger partial charge in [-0.1, -0.05) is 205 Å². The second-order valence-electron chi connectivity index (χ2n) is 20.2. The third-order valence-corrected chi connectivity index (χ3v) is 14.6. The molecule has 0 fully saturated rings. The van der Waals surface area contributed by atoms with Crippen LogP contribution in [-0.2, 0) is 18.3 Å². The third-order valence-electron chi connectivity index (χ3n) is 14.6. The monoisotopic (exact) mass is 892 g/mol. The van der Waals surface area contributed by atoms with E-state index in [1.54, 1.807) is 0 Å². The number of nitrogens with zero attached hydrogens (tertiary/aromatic N) is 2. The first kappa shape index (κ1) is 44.2. The predicted octanol–water partition coefficient (Wildman–Crippen LogP) is 16.4. The number of benzene rings is 9. The fourth-order valence-corrected chi connectivity index (χ4v) is 10.9. The molecule has 69 heavy (non-hydrogen) atoms. The van der Waals surface area contributed by atoms with Crippen molar-refractivity contribution in [2.45, 2.75) is 78.6 Å². The summed E-state index contributed by atoms with van der Waals surface area (Å²) in [5, 5.41) is 0. The zero-order chi connectivity index (χ0) is 47.1. The first-order valence-electron chi connectivity index (χ1n) is 25.3. The van der Waals surface area contributed by atoms with E-state index in [0.29, 0.717) is 0 Å². The molecule has 0 aromatic heterocycles. The average molecular weight is 893 g/mol. The van der Waals surface area contributed by atoms with Gasteiger partial charge in [-0.05, 0) is 157 Å². The quantitative estimate of drug-likeness (QED) is 0.113. The highest BCUT2D eigenvalue weighted by atomic mass is 15.2. The molecule has 0 amide bonds. The van der Waals surface area contributed by atoms with Crippen molar-refractivity contribution in [2.24, 2.45) is 0 Å². The molecule has 338 valence electrons. The largest absolute Gasteiger partial charge is 0.311 e. The number of anilines is 6. The molecule has 3 heteroatoms. The molecule has 9 aromatic carbocycles. The van der Waals surface area contributed by atoms with Crippen LogP contribution in [0.4, 0.5) is 34.1 Å². The summed E-state index contributed by atoms with van der Waals surface area (Å²) < 4.78 is 0. The average Bonchev–Trinajstić information content (AvgIpc) is 3.40. The van der Waals surface area contributed by atoms with Crippen molar-refractivity contribution in [1.82, 2.24) is 0 Å². The van der Waals surface area contributed by atoms with Crippen molar-refractivity contribution in [3.8, 4) is 44.5 Å². The van der Waals surface area contributed by atoms with Gasteiger partial charge in [0.1, 0.15) is 0 Å². The van der Waals surface area contributed by atoms with Crippen molar-refractivity contribution in [1.29, 1.82) is 0 Å². The van der Waals surface area contributed by atoms with Gasteiger partial charge in [0.2, 0.25) is 0 Å². The van der Waals surface area contributed by atoms with Gasteiger partial charge in [0, 0.05) is 34.1 Å². The van der Waals surface area contributed by atoms with Crippen LogP contribution in [0.5, 0.6) is 0 Å². The molecule has 2 heterocycles. The lowest BCUT2D eigenvalue weighted by atomic mass is 9.33. The summed E-state index contributed by atoms with van der Waals surface area (Å²) in [4.78, 5) is 5.32. The Bertz CT molecular complexity index is 3070. The molecule has 0 saturated heterocycles. The first-order valence-corrected chi connectivity index (χ1v) is 25.3. The number of fused-ring (bicyclic) bond motifs is 4. The Balaban J connectivity index is 1.24. The Morgan fingerprint density at radius 3 is 1.01 bits per heavy atom. The predicted molar refractivity (Wildman–Crippen MR) is 298 cm³/mol. The van der Waals surface area contributed by atoms with Gasteiger partial charge >= 0.3 is 0 Å². The summed E-state index contributed by atoms with van der Waals surface area (Å²) >= 11 is 0. The van der Waals surface area contributed by atoms with Gasteiger partial charge in [-0.2, -0.15) is 0 Å². The molecule has 9 aromatic rings. The van der Waals surface area contributed by atoms with E-state index in [2.05, 4.69) is 251 Å². The van der Waals surface area contributed by atoms with Crippen LogP contribution in [0.15, 0.2) is 206 Å². The van der Waals surface area contributed by atoms with E-state index >= 15 is 0 Å². The summed E-state index contributed by atoms with van der Waals surface area (Å²) in [6, 6.07) is 77.9. The minimum atomic E-state index is -0.127. The van der Waals surface area contributed by atoms with Gasteiger partial charge in [-0.15, -0.1) is 0 Å². The fraction of sp³-hybridized carbons (Fsp3) is 0.182. The summed E-state index contributed by atoms with van der Waals surface area (Å²) in [5.74, 6) is 0. The Labute approximate surface area is 411 Å². The number of hydrogen-bond donors (Lipinski definition) is 0. The van der Waals surface area contributed by atoms with E-state index in [4.69, 9.17) is 0 Å². The van der Waals surface area contributed by atoms with Gasteiger partial charge < -0.3 is 9.80 Å². The molecular weight excluding hydrogens is 832 g/mol. The summed E-state index contributed by atoms with van der Waals surface area (Å²) in [6.45, 7) is 11.7. The van der Waals surface area contributed by atoms with Crippen LogP contribution in [0, 0.1) is 0 Å². The van der Waals surface area contributed by atoms with Crippen LogP contribution in [0.3, 0.4) is 0 Å². The molecule has 0 atom stereocenters. The maximum Gasteiger partial charge on any atom is 0.252 e. The topological polar surface area (TPSA) is 6.48 Å². The Morgan fingerprint density at radius 2 is 0.681 bits per heavy atom. The Morgan fingerprint density at radius 1 is 0.348 bits per heavy atom. The van der Waals surface area contributed by atoms with E-state index in [1.165, 1.54) is 112 Å². The van der Waals surface area contributed by atoms with Crippen molar-refractivity contribution < 1.29 is 0 Å². The molecule has 0 unspecified atom stereocenters. The van der Waals surface area contributed by atoms with Crippen LogP contribution in [0.1, 0.15) is 77.0 Å². The van der Waals surface area contributed by atoms with E-state index in [1.807, 2.05) is 0 Å². The van der Waals surface area contributed by atoms with Gasteiger partial charge in [-0.3, -0.25) is 0 Å². The molecule has 0 saturated carbocycles. The minimum absolute atomic E-state index is 0.0285. The highest BCUT2D eigenvalue weighted by Gasteiger charge is 2.45. The minimum Gasteiger partial charge on any atom is -0.311 e. The lowest BCUT2D eigenvalue weighted by Gasteiger charge is -2.46. The van der Waals surface area contributed by atoms with Crippen LogP contribution in [0.25, 0.3) is 44.5 Å². The molecule has 0 bridgehead atoms. The van der Waals surface area contributed by atoms with Crippen molar-refractivity contribution in [3.05, 3.63) is 223 Å². The summed E-state index contributed by atoms with van der Waals surface area (Å²) in [6.07, 6.45) is 6.48. The second kappa shape index (κ2) is 18.6. The SMILES string of the molecule is CCCCc1cc(-c2ccccc2)ccc1N1c2ccc(-c3ccccc3)cc2B2c3cc(-c4ccccc4)ccc3N(c3ccc(-c4ccccc4)cc3CCCC)c3cc(C(C)(C)C)cc1c32. The zero-order valence-corrected chi connectivity index (χ0v) is 40.8. The Kier molecular flexibility index (Phi) is 11.9. The van der Waals surface area contributed by atoms with E-state index in [0.717, 1.165) is 38.5 Å². The smallest absolute Gasteiger partial charge is 0.252 e. The standard InChI is InChI=1S/C66H61BN2/c1-6-8-22-54-40-50(46-24-14-10-15-25-46)32-36-59(54)68-61-38-34-52(48-28-18-12-19-29-48)42-57(61)67-58-43-53(49-30-20-13-21-31-49)35-39-62(58)69(64-45-56(66(3,4)5)44-63(68)65(64)67)60-37-33-51(41-55(60)23-9-7-2)47-26-16-11-17-27-47/h10-21,24-45H,6-9,22-23H2,1-5H3. The van der Waals surface area contributed by atoms with Gasteiger partial charge in [0.25, 0.3) is 6.71 Å². The Hall–Kier alpha value is -7.36. The van der Waals surface area contributed by atoms with Gasteiger partial charge in [0.05, 0.1) is 0 Å². The molecule has 2 nitrogen and oxygen atoms in total. The van der Waals surface area contributed by atoms with E-state index in [-0.39, 0.29) is 12.1 Å². The third kappa shape index (κ3) is 8.29. The van der Waals surface area contributed by atoms with E-state index < -0.39 is 0 Å². The normalized spacial score (nSPS) is 12.7. The van der Waals surface area contributed by atoms with Crippen LogP contribution < -0.4 is 26.2 Å². The molecular formula is C66H61BN2. The lowest BCUT2D eigenvalue weighted by molar-refractivity contribution is 0.590. The zero-order valence-electron chi connectivity index (χ0n) is 40.8. The number of hydrogen-bond acceptors (Lipinski definition) is 2. The van der Waals surface area contributed by atoms with Gasteiger partial charge in [-0.25, -0.2) is 0 Å². The molecule has 0 radical (unpaired) electrons. The first-order chi connectivity index (χ1) is 33.8. The maximum atomic E-state index is 2.66. The van der Waals surface area contributed by atoms with Crippen LogP contribution >= 0.6 is 0 Å². The molecule has 2 aliphatic heterocycles. The highest BCUT2D eigenvalue weighted by Crippen LogP contribution is 2.49. The van der Waals surface area contributed by atoms with Gasteiger partial charge in [0.15, 0.2) is 0 Å². The molecule has 0 spiro atoms. The summed E-state index contributed by atoms with van der Waals surface area (Å²) in [5.41, 5.74) is 25.5. The molecule has 11 rings (SSSR count). The molecule has 0 aliphatic carbocycles.